The van der Waals surface area contributed by atoms with E-state index >= 15 is 0 Å². The number of nitrogens with zero attached hydrogens (tertiary/aromatic N) is 3. The molecule has 1 fully saturated rings. The van der Waals surface area contributed by atoms with E-state index in [0.717, 1.165) is 0 Å². The number of rotatable bonds is 5. The van der Waals surface area contributed by atoms with Crippen LogP contribution in [0.1, 0.15) is 19.8 Å². The molecule has 2 amide bonds. The SMILES string of the molecule is CC1C(=O)NCCN1C(=O)CCCn1c(=O)oc2cc([N+](=O)[O-])ccc21. The van der Waals surface area contributed by atoms with Crippen LogP contribution in [0.2, 0.25) is 0 Å². The molecule has 2 heterocycles. The molecule has 10 nitrogen and oxygen atoms in total. The summed E-state index contributed by atoms with van der Waals surface area (Å²) in [6, 6.07) is 3.45. The van der Waals surface area contributed by atoms with Crippen molar-refractivity contribution in [3.05, 3.63) is 38.9 Å². The van der Waals surface area contributed by atoms with Crippen molar-refractivity contribution in [1.82, 2.24) is 14.8 Å². The number of nitrogens with one attached hydrogen (secondary N) is 1. The van der Waals surface area contributed by atoms with E-state index in [1.54, 1.807) is 6.92 Å². The number of carbonyl (C=O) groups excluding carboxylic acids is 2. The fraction of sp³-hybridized carbons (Fsp3) is 0.438. The van der Waals surface area contributed by atoms with Crippen LogP contribution in [0.5, 0.6) is 0 Å². The monoisotopic (exact) mass is 362 g/mol. The number of aromatic nitrogens is 1. The summed E-state index contributed by atoms with van der Waals surface area (Å²) in [5.74, 6) is -0.953. The highest BCUT2D eigenvalue weighted by atomic mass is 16.6. The summed E-state index contributed by atoms with van der Waals surface area (Å²) in [6.45, 7) is 2.81. The van der Waals surface area contributed by atoms with Crippen molar-refractivity contribution in [2.24, 2.45) is 0 Å². The van der Waals surface area contributed by atoms with Crippen LogP contribution in [0, 0.1) is 10.1 Å². The molecule has 138 valence electrons. The highest BCUT2D eigenvalue weighted by Gasteiger charge is 2.28. The summed E-state index contributed by atoms with van der Waals surface area (Å²) in [4.78, 5) is 47.7. The second-order valence-corrected chi connectivity index (χ2v) is 6.09. The van der Waals surface area contributed by atoms with Gasteiger partial charge in [0, 0.05) is 32.1 Å². The van der Waals surface area contributed by atoms with Gasteiger partial charge in [0.1, 0.15) is 6.04 Å². The molecule has 1 N–H and O–H groups in total. The average Bonchev–Trinajstić information content (AvgIpc) is 2.92. The molecule has 1 aliphatic rings. The Hall–Kier alpha value is -3.17. The van der Waals surface area contributed by atoms with E-state index < -0.39 is 16.7 Å². The van der Waals surface area contributed by atoms with Crippen LogP contribution in [0.3, 0.4) is 0 Å². The molecule has 1 aliphatic heterocycles. The van der Waals surface area contributed by atoms with E-state index in [1.165, 1.54) is 27.7 Å². The van der Waals surface area contributed by atoms with Crippen molar-refractivity contribution in [2.45, 2.75) is 32.4 Å². The third-order valence-corrected chi connectivity index (χ3v) is 4.45. The van der Waals surface area contributed by atoms with Gasteiger partial charge in [-0.05, 0) is 19.4 Å². The van der Waals surface area contributed by atoms with Crippen LogP contribution in [0.25, 0.3) is 11.1 Å². The van der Waals surface area contributed by atoms with Crippen LogP contribution < -0.4 is 11.1 Å². The Balaban J connectivity index is 1.67. The summed E-state index contributed by atoms with van der Waals surface area (Å²) < 4.78 is 6.40. The molecule has 10 heteroatoms. The molecule has 0 aliphatic carbocycles. The van der Waals surface area contributed by atoms with E-state index in [-0.39, 0.29) is 36.1 Å². The number of amides is 2. The van der Waals surface area contributed by atoms with Gasteiger partial charge in [0.05, 0.1) is 16.5 Å². The maximum atomic E-state index is 12.3. The Labute approximate surface area is 147 Å². The Morgan fingerprint density at radius 2 is 2.19 bits per heavy atom. The zero-order valence-electron chi connectivity index (χ0n) is 14.1. The molecular weight excluding hydrogens is 344 g/mol. The van der Waals surface area contributed by atoms with Gasteiger partial charge in [-0.25, -0.2) is 4.79 Å². The summed E-state index contributed by atoms with van der Waals surface area (Å²) >= 11 is 0. The van der Waals surface area contributed by atoms with Crippen molar-refractivity contribution < 1.29 is 18.9 Å². The zero-order chi connectivity index (χ0) is 18.8. The van der Waals surface area contributed by atoms with E-state index in [0.29, 0.717) is 25.0 Å². The Kier molecular flexibility index (Phi) is 4.74. The second kappa shape index (κ2) is 6.98. The van der Waals surface area contributed by atoms with Crippen molar-refractivity contribution in [2.75, 3.05) is 13.1 Å². The van der Waals surface area contributed by atoms with Crippen molar-refractivity contribution >= 4 is 28.6 Å². The van der Waals surface area contributed by atoms with Crippen LogP contribution in [0.15, 0.2) is 27.4 Å². The molecule has 26 heavy (non-hydrogen) atoms. The molecule has 0 bridgehead atoms. The molecule has 1 unspecified atom stereocenters. The number of oxazole rings is 1. The predicted molar refractivity (Wildman–Crippen MR) is 90.5 cm³/mol. The quantitative estimate of drug-likeness (QED) is 0.614. The number of fused-ring (bicyclic) bond motifs is 1. The average molecular weight is 362 g/mol. The van der Waals surface area contributed by atoms with E-state index in [2.05, 4.69) is 5.32 Å². The second-order valence-electron chi connectivity index (χ2n) is 6.09. The summed E-state index contributed by atoms with van der Waals surface area (Å²) in [6.07, 6.45) is 0.568. The van der Waals surface area contributed by atoms with Gasteiger partial charge < -0.3 is 14.6 Å². The van der Waals surface area contributed by atoms with Gasteiger partial charge in [-0.2, -0.15) is 0 Å². The number of nitro benzene ring substituents is 1. The number of aryl methyl sites for hydroxylation is 1. The minimum atomic E-state index is -0.626. The molecule has 0 radical (unpaired) electrons. The van der Waals surface area contributed by atoms with Crippen LogP contribution in [-0.4, -0.2) is 45.3 Å². The van der Waals surface area contributed by atoms with Crippen LogP contribution >= 0.6 is 0 Å². The first-order chi connectivity index (χ1) is 12.4. The standard InChI is InChI=1S/C16H18N4O6/c1-10-15(22)17-6-8-18(10)14(21)3-2-7-19-12-5-4-11(20(24)25)9-13(12)26-16(19)23/h4-5,9-10H,2-3,6-8H2,1H3,(H,17,22). The van der Waals surface area contributed by atoms with Crippen molar-refractivity contribution in [3.8, 4) is 0 Å². The Morgan fingerprint density at radius 3 is 2.92 bits per heavy atom. The first-order valence-corrected chi connectivity index (χ1v) is 8.23. The van der Waals surface area contributed by atoms with Gasteiger partial charge in [0.15, 0.2) is 5.58 Å². The van der Waals surface area contributed by atoms with E-state index in [9.17, 15) is 24.5 Å². The van der Waals surface area contributed by atoms with Gasteiger partial charge in [-0.1, -0.05) is 0 Å². The molecule has 1 atom stereocenters. The Bertz CT molecular complexity index is 930. The normalized spacial score (nSPS) is 17.3. The molecule has 0 spiro atoms. The lowest BCUT2D eigenvalue weighted by molar-refractivity contribution is -0.384. The minimum Gasteiger partial charge on any atom is -0.407 e. The molecule has 3 rings (SSSR count). The van der Waals surface area contributed by atoms with E-state index in [1.807, 2.05) is 0 Å². The number of benzene rings is 1. The topological polar surface area (TPSA) is 128 Å². The summed E-state index contributed by atoms with van der Waals surface area (Å²) in [5.41, 5.74) is 0.418. The predicted octanol–water partition coefficient (Wildman–Crippen LogP) is 0.630. The maximum absolute atomic E-state index is 12.3. The van der Waals surface area contributed by atoms with Gasteiger partial charge in [0.25, 0.3) is 5.69 Å². The number of hydrogen-bond donors (Lipinski definition) is 1. The lowest BCUT2D eigenvalue weighted by atomic mass is 10.1. The highest BCUT2D eigenvalue weighted by Crippen LogP contribution is 2.20. The summed E-state index contributed by atoms with van der Waals surface area (Å²) in [5, 5.41) is 13.5. The molecule has 0 saturated carbocycles. The lowest BCUT2D eigenvalue weighted by Gasteiger charge is -2.32. The van der Waals surface area contributed by atoms with Crippen molar-refractivity contribution in [1.29, 1.82) is 0 Å². The molecule has 2 aromatic rings. The fourth-order valence-corrected chi connectivity index (χ4v) is 3.04. The van der Waals surface area contributed by atoms with Gasteiger partial charge in [-0.3, -0.25) is 24.3 Å². The van der Waals surface area contributed by atoms with Gasteiger partial charge >= 0.3 is 5.76 Å². The van der Waals surface area contributed by atoms with Crippen LogP contribution in [-0.2, 0) is 16.1 Å². The minimum absolute atomic E-state index is 0.136. The summed E-state index contributed by atoms with van der Waals surface area (Å²) in [7, 11) is 0. The van der Waals surface area contributed by atoms with Crippen LogP contribution in [0.4, 0.5) is 5.69 Å². The smallest absolute Gasteiger partial charge is 0.407 e. The molecule has 1 saturated heterocycles. The molecule has 1 aromatic carbocycles. The van der Waals surface area contributed by atoms with Crippen molar-refractivity contribution in [3.63, 3.8) is 0 Å². The highest BCUT2D eigenvalue weighted by molar-refractivity contribution is 5.88. The Morgan fingerprint density at radius 1 is 1.42 bits per heavy atom. The third kappa shape index (κ3) is 3.30. The third-order valence-electron chi connectivity index (χ3n) is 4.45. The van der Waals surface area contributed by atoms with Gasteiger partial charge in [0.2, 0.25) is 11.8 Å². The largest absolute Gasteiger partial charge is 0.419 e. The number of nitro groups is 1. The fourth-order valence-electron chi connectivity index (χ4n) is 3.04. The zero-order valence-corrected chi connectivity index (χ0v) is 14.1. The number of non-ortho nitro benzene ring substituents is 1. The van der Waals surface area contributed by atoms with Gasteiger partial charge in [-0.15, -0.1) is 0 Å². The number of hydrogen-bond acceptors (Lipinski definition) is 6. The first-order valence-electron chi connectivity index (χ1n) is 8.23. The van der Waals surface area contributed by atoms with E-state index in [4.69, 9.17) is 4.42 Å². The molecular formula is C16H18N4O6. The lowest BCUT2D eigenvalue weighted by Crippen LogP contribution is -2.55. The maximum Gasteiger partial charge on any atom is 0.419 e. The molecule has 1 aromatic heterocycles. The number of carbonyl (C=O) groups is 2. The first kappa shape index (κ1) is 17.6. The number of piperazine rings is 1.